The lowest BCUT2D eigenvalue weighted by Crippen LogP contribution is -2.37. The van der Waals surface area contributed by atoms with Gasteiger partial charge in [-0.1, -0.05) is 59.1 Å². The summed E-state index contributed by atoms with van der Waals surface area (Å²) in [6.45, 7) is 3.85. The largest absolute Gasteiger partial charge is 0.370 e. The number of aromatic nitrogens is 3. The van der Waals surface area contributed by atoms with Crippen LogP contribution in [0.4, 0.5) is 5.82 Å². The zero-order valence-corrected chi connectivity index (χ0v) is 21.2. The second kappa shape index (κ2) is 10.2. The van der Waals surface area contributed by atoms with Crippen molar-refractivity contribution in [2.75, 3.05) is 25.0 Å². The number of halogens is 3. The Labute approximate surface area is 215 Å². The summed E-state index contributed by atoms with van der Waals surface area (Å²) in [5, 5.41) is 10.1. The Hall–Kier alpha value is -2.25. The Morgan fingerprint density at radius 2 is 1.88 bits per heavy atom. The van der Waals surface area contributed by atoms with E-state index in [4.69, 9.17) is 39.8 Å². The Kier molecular flexibility index (Phi) is 7.02. The number of rotatable bonds is 6. The fraction of sp³-hybridized carbons (Fsp3) is 0.280. The van der Waals surface area contributed by atoms with Crippen LogP contribution in [0.15, 0.2) is 54.7 Å². The smallest absolute Gasteiger partial charge is 0.151 e. The highest BCUT2D eigenvalue weighted by atomic mass is 35.5. The first-order chi connectivity index (χ1) is 16.5. The number of piperidine rings is 1. The van der Waals surface area contributed by atoms with Gasteiger partial charge in [-0.05, 0) is 54.5 Å². The fourth-order valence-corrected chi connectivity index (χ4v) is 5.17. The lowest BCUT2D eigenvalue weighted by molar-refractivity contribution is 0.173. The molecule has 2 aromatic heterocycles. The van der Waals surface area contributed by atoms with Crippen LogP contribution in [-0.4, -0.2) is 47.0 Å². The van der Waals surface area contributed by atoms with Crippen molar-refractivity contribution < 1.29 is 0 Å². The molecule has 5 rings (SSSR count). The SMILES string of the molecule is Bc1cnn2c(NCC3CCCN(Cc4ccc(Cl)c(Cl)c4)C3)cc(-c3ccccc3Cl)nc12. The first-order valence-electron chi connectivity index (χ1n) is 11.5. The molecule has 174 valence electrons. The molecule has 4 aromatic rings. The van der Waals surface area contributed by atoms with Crippen molar-refractivity contribution in [3.8, 4) is 11.3 Å². The zero-order valence-electron chi connectivity index (χ0n) is 18.9. The lowest BCUT2D eigenvalue weighted by Gasteiger charge is -2.33. The predicted octanol–water partition coefficient (Wildman–Crippen LogP) is 4.94. The minimum atomic E-state index is 0.528. The van der Waals surface area contributed by atoms with E-state index in [0.717, 1.165) is 54.4 Å². The molecule has 0 saturated carbocycles. The molecule has 1 saturated heterocycles. The summed E-state index contributed by atoms with van der Waals surface area (Å²) in [5.41, 5.74) is 4.82. The maximum absolute atomic E-state index is 6.47. The fourth-order valence-electron chi connectivity index (χ4n) is 4.61. The van der Waals surface area contributed by atoms with Crippen LogP contribution >= 0.6 is 34.8 Å². The molecule has 1 N–H and O–H groups in total. The van der Waals surface area contributed by atoms with Gasteiger partial charge >= 0.3 is 0 Å². The Bertz CT molecular complexity index is 1330. The van der Waals surface area contributed by atoms with Gasteiger partial charge in [-0.25, -0.2) is 4.98 Å². The molecule has 34 heavy (non-hydrogen) atoms. The van der Waals surface area contributed by atoms with Gasteiger partial charge in [-0.3, -0.25) is 4.90 Å². The summed E-state index contributed by atoms with van der Waals surface area (Å²) in [7, 11) is 2.03. The lowest BCUT2D eigenvalue weighted by atomic mass is 9.97. The minimum absolute atomic E-state index is 0.528. The number of fused-ring (bicyclic) bond motifs is 1. The molecule has 1 atom stereocenters. The van der Waals surface area contributed by atoms with E-state index in [-0.39, 0.29) is 0 Å². The molecule has 1 aliphatic heterocycles. The van der Waals surface area contributed by atoms with Crippen molar-refractivity contribution in [2.24, 2.45) is 5.92 Å². The van der Waals surface area contributed by atoms with Crippen LogP contribution < -0.4 is 10.8 Å². The summed E-state index contributed by atoms with van der Waals surface area (Å²) in [6, 6.07) is 15.7. The number of hydrogen-bond donors (Lipinski definition) is 1. The van der Waals surface area contributed by atoms with Gasteiger partial charge in [0, 0.05) is 42.5 Å². The van der Waals surface area contributed by atoms with Gasteiger partial charge in [0.2, 0.25) is 0 Å². The molecule has 0 aliphatic carbocycles. The van der Waals surface area contributed by atoms with Crippen molar-refractivity contribution in [3.63, 3.8) is 0 Å². The maximum Gasteiger partial charge on any atom is 0.151 e. The standard InChI is InChI=1S/C25H25BCl3N5/c26-19-13-31-34-24(11-23(32-25(19)34)18-5-1-2-6-20(18)27)30-12-17-4-3-9-33(15-17)14-16-7-8-21(28)22(29)10-16/h1-2,5-8,10-11,13,17,30H,3-4,9,12,14-15,26H2. The molecular weight excluding hydrogens is 487 g/mol. The van der Waals surface area contributed by atoms with Gasteiger partial charge in [-0.15, -0.1) is 0 Å². The van der Waals surface area contributed by atoms with E-state index in [1.54, 1.807) is 0 Å². The van der Waals surface area contributed by atoms with Gasteiger partial charge in [-0.2, -0.15) is 9.61 Å². The minimum Gasteiger partial charge on any atom is -0.370 e. The van der Waals surface area contributed by atoms with Gasteiger partial charge in [0.1, 0.15) is 13.7 Å². The highest BCUT2D eigenvalue weighted by Crippen LogP contribution is 2.29. The van der Waals surface area contributed by atoms with Crippen molar-refractivity contribution in [1.29, 1.82) is 0 Å². The molecule has 1 unspecified atom stereocenters. The average molecular weight is 513 g/mol. The molecule has 3 heterocycles. The molecule has 1 fully saturated rings. The monoisotopic (exact) mass is 511 g/mol. The molecule has 0 radical (unpaired) electrons. The molecule has 2 aromatic carbocycles. The Balaban J connectivity index is 1.32. The second-order valence-corrected chi connectivity index (χ2v) is 10.2. The molecule has 9 heteroatoms. The molecule has 0 amide bonds. The highest BCUT2D eigenvalue weighted by Gasteiger charge is 2.21. The third kappa shape index (κ3) is 5.06. The summed E-state index contributed by atoms with van der Waals surface area (Å²) < 4.78 is 1.88. The van der Waals surface area contributed by atoms with Crippen molar-refractivity contribution in [2.45, 2.75) is 19.4 Å². The van der Waals surface area contributed by atoms with Crippen LogP contribution in [0.1, 0.15) is 18.4 Å². The quantitative estimate of drug-likeness (QED) is 0.372. The first-order valence-corrected chi connectivity index (χ1v) is 12.6. The number of nitrogens with one attached hydrogen (secondary N) is 1. The van der Waals surface area contributed by atoms with E-state index in [1.807, 2.05) is 61.0 Å². The maximum atomic E-state index is 6.47. The number of benzene rings is 2. The molecule has 1 aliphatic rings. The third-order valence-corrected chi connectivity index (χ3v) is 7.43. The summed E-state index contributed by atoms with van der Waals surface area (Å²) >= 11 is 18.8. The van der Waals surface area contributed by atoms with Crippen molar-refractivity contribution in [1.82, 2.24) is 19.5 Å². The van der Waals surface area contributed by atoms with Gasteiger partial charge in [0.15, 0.2) is 5.65 Å². The van der Waals surface area contributed by atoms with E-state index in [0.29, 0.717) is 21.0 Å². The number of hydrogen-bond acceptors (Lipinski definition) is 4. The van der Waals surface area contributed by atoms with Crippen molar-refractivity contribution >= 4 is 59.6 Å². The van der Waals surface area contributed by atoms with Crippen LogP contribution in [0.3, 0.4) is 0 Å². The summed E-state index contributed by atoms with van der Waals surface area (Å²) in [4.78, 5) is 7.33. The Morgan fingerprint density at radius 1 is 1.03 bits per heavy atom. The summed E-state index contributed by atoms with van der Waals surface area (Å²) in [5.74, 6) is 1.45. The van der Waals surface area contributed by atoms with Gasteiger partial charge in [0.25, 0.3) is 0 Å². The first kappa shape index (κ1) is 23.5. The van der Waals surface area contributed by atoms with Crippen LogP contribution in [0.2, 0.25) is 15.1 Å². The topological polar surface area (TPSA) is 45.5 Å². The molecular formula is C25H25BCl3N5. The average Bonchev–Trinajstić information content (AvgIpc) is 3.21. The third-order valence-electron chi connectivity index (χ3n) is 6.36. The second-order valence-electron chi connectivity index (χ2n) is 8.94. The summed E-state index contributed by atoms with van der Waals surface area (Å²) in [6.07, 6.45) is 4.21. The highest BCUT2D eigenvalue weighted by molar-refractivity contribution is 6.42. The van der Waals surface area contributed by atoms with Crippen molar-refractivity contribution in [3.05, 3.63) is 75.4 Å². The normalized spacial score (nSPS) is 16.7. The van der Waals surface area contributed by atoms with E-state index in [1.165, 1.54) is 18.4 Å². The van der Waals surface area contributed by atoms with Crippen LogP contribution in [-0.2, 0) is 6.54 Å². The number of anilines is 1. The van der Waals surface area contributed by atoms with Gasteiger partial charge < -0.3 is 5.32 Å². The zero-order chi connectivity index (χ0) is 23.7. The van der Waals surface area contributed by atoms with E-state index in [9.17, 15) is 0 Å². The molecule has 0 bridgehead atoms. The van der Waals surface area contributed by atoms with E-state index < -0.39 is 0 Å². The van der Waals surface area contributed by atoms with E-state index >= 15 is 0 Å². The molecule has 5 nitrogen and oxygen atoms in total. The Morgan fingerprint density at radius 3 is 2.71 bits per heavy atom. The molecule has 0 spiro atoms. The predicted molar refractivity (Wildman–Crippen MR) is 145 cm³/mol. The van der Waals surface area contributed by atoms with E-state index in [2.05, 4.69) is 21.4 Å². The van der Waals surface area contributed by atoms with Crippen LogP contribution in [0.5, 0.6) is 0 Å². The van der Waals surface area contributed by atoms with Gasteiger partial charge in [0.05, 0.1) is 15.7 Å². The van der Waals surface area contributed by atoms with Crippen LogP contribution in [0.25, 0.3) is 16.9 Å². The van der Waals surface area contributed by atoms with Crippen LogP contribution in [0, 0.1) is 5.92 Å². The number of nitrogens with zero attached hydrogens (tertiary/aromatic N) is 4. The number of likely N-dealkylation sites (tertiary alicyclic amines) is 1.